The summed E-state index contributed by atoms with van der Waals surface area (Å²) in [5.74, 6) is 0.252. The van der Waals surface area contributed by atoms with E-state index in [0.717, 1.165) is 12.8 Å². The fourth-order valence-corrected chi connectivity index (χ4v) is 4.01. The average molecular weight is 439 g/mol. The molecule has 1 aromatic heterocycles. The summed E-state index contributed by atoms with van der Waals surface area (Å²) in [7, 11) is 0. The molecule has 1 amide bonds. The first kappa shape index (κ1) is 23.8. The average Bonchev–Trinajstić information content (AvgIpc) is 3.07. The maximum atomic E-state index is 12.7. The van der Waals surface area contributed by atoms with Crippen LogP contribution < -0.4 is 5.32 Å². The van der Waals surface area contributed by atoms with Crippen LogP contribution in [0.2, 0.25) is 10.0 Å². The summed E-state index contributed by atoms with van der Waals surface area (Å²) in [6.45, 7) is 4.60. The van der Waals surface area contributed by atoms with Crippen molar-refractivity contribution in [3.05, 3.63) is 39.6 Å². The second-order valence-corrected chi connectivity index (χ2v) is 8.31. The van der Waals surface area contributed by atoms with Gasteiger partial charge in [0.25, 0.3) is 5.91 Å². The Morgan fingerprint density at radius 2 is 1.52 bits per heavy atom. The first-order chi connectivity index (χ1) is 14.1. The van der Waals surface area contributed by atoms with Gasteiger partial charge < -0.3 is 9.84 Å². The molecular formula is C23H32Cl2N2O2. The molecule has 0 spiro atoms. The summed E-state index contributed by atoms with van der Waals surface area (Å²) in [5, 5.41) is 7.88. The Morgan fingerprint density at radius 1 is 0.966 bits per heavy atom. The van der Waals surface area contributed by atoms with Gasteiger partial charge in [-0.3, -0.25) is 4.79 Å². The van der Waals surface area contributed by atoms with Crippen molar-refractivity contribution in [3.63, 3.8) is 0 Å². The lowest BCUT2D eigenvalue weighted by atomic mass is 10.0. The van der Waals surface area contributed by atoms with Crippen LogP contribution in [0.4, 0.5) is 0 Å². The normalized spacial score (nSPS) is 11.0. The zero-order chi connectivity index (χ0) is 21.1. The van der Waals surface area contributed by atoms with E-state index in [2.05, 4.69) is 17.4 Å². The van der Waals surface area contributed by atoms with Crippen molar-refractivity contribution < 1.29 is 9.32 Å². The predicted molar refractivity (Wildman–Crippen MR) is 121 cm³/mol. The molecule has 1 N–H and O–H groups in total. The van der Waals surface area contributed by atoms with Crippen molar-refractivity contribution >= 4 is 29.1 Å². The molecule has 0 aliphatic carbocycles. The number of hydrogen-bond donors (Lipinski definition) is 1. The quantitative estimate of drug-likeness (QED) is 0.327. The van der Waals surface area contributed by atoms with Crippen LogP contribution in [0.3, 0.4) is 0 Å². The zero-order valence-corrected chi connectivity index (χ0v) is 19.0. The third-order valence-electron chi connectivity index (χ3n) is 5.11. The number of carbonyl (C=O) groups is 1. The van der Waals surface area contributed by atoms with Crippen LogP contribution in [0.25, 0.3) is 11.3 Å². The van der Waals surface area contributed by atoms with E-state index in [4.69, 9.17) is 27.7 Å². The summed E-state index contributed by atoms with van der Waals surface area (Å²) >= 11 is 12.5. The monoisotopic (exact) mass is 438 g/mol. The van der Waals surface area contributed by atoms with Crippen molar-refractivity contribution in [2.75, 3.05) is 6.54 Å². The SMILES string of the molecule is CCCCCCCCCCCCNC(=O)c1c(-c2c(Cl)cccc2Cl)noc1C. The van der Waals surface area contributed by atoms with E-state index in [9.17, 15) is 4.79 Å². The summed E-state index contributed by atoms with van der Waals surface area (Å²) in [6.07, 6.45) is 12.6. The molecule has 0 unspecified atom stereocenters. The van der Waals surface area contributed by atoms with Crippen LogP contribution >= 0.6 is 23.2 Å². The smallest absolute Gasteiger partial charge is 0.257 e. The highest BCUT2D eigenvalue weighted by Crippen LogP contribution is 2.36. The van der Waals surface area contributed by atoms with Gasteiger partial charge in [0.15, 0.2) is 0 Å². The number of nitrogens with one attached hydrogen (secondary N) is 1. The molecule has 2 rings (SSSR count). The summed E-state index contributed by atoms with van der Waals surface area (Å²) < 4.78 is 5.26. The number of aromatic nitrogens is 1. The van der Waals surface area contributed by atoms with E-state index >= 15 is 0 Å². The van der Waals surface area contributed by atoms with Crippen molar-refractivity contribution in [2.24, 2.45) is 0 Å². The first-order valence-corrected chi connectivity index (χ1v) is 11.5. The van der Waals surface area contributed by atoms with E-state index in [0.29, 0.717) is 39.2 Å². The van der Waals surface area contributed by atoms with Crippen molar-refractivity contribution in [2.45, 2.75) is 78.1 Å². The molecule has 1 heterocycles. The van der Waals surface area contributed by atoms with Crippen LogP contribution in [0.1, 0.15) is 87.3 Å². The Kier molecular flexibility index (Phi) is 10.6. The van der Waals surface area contributed by atoms with E-state index in [1.165, 1.54) is 51.4 Å². The number of rotatable bonds is 13. The van der Waals surface area contributed by atoms with Gasteiger partial charge in [0.2, 0.25) is 0 Å². The molecule has 160 valence electrons. The number of nitrogens with zero attached hydrogens (tertiary/aromatic N) is 1. The molecule has 0 aliphatic rings. The molecule has 0 saturated heterocycles. The van der Waals surface area contributed by atoms with Gasteiger partial charge in [0.05, 0.1) is 10.0 Å². The van der Waals surface area contributed by atoms with Gasteiger partial charge in [0, 0.05) is 12.1 Å². The largest absolute Gasteiger partial charge is 0.360 e. The molecule has 0 saturated carbocycles. The number of carbonyl (C=O) groups excluding carboxylic acids is 1. The van der Waals surface area contributed by atoms with Crippen LogP contribution in [0, 0.1) is 6.92 Å². The second kappa shape index (κ2) is 12.9. The third-order valence-corrected chi connectivity index (χ3v) is 5.74. The lowest BCUT2D eigenvalue weighted by Crippen LogP contribution is -2.25. The summed E-state index contributed by atoms with van der Waals surface area (Å²) in [5.41, 5.74) is 1.31. The van der Waals surface area contributed by atoms with Gasteiger partial charge in [-0.15, -0.1) is 0 Å². The highest BCUT2D eigenvalue weighted by atomic mass is 35.5. The fourth-order valence-electron chi connectivity index (χ4n) is 3.44. The molecule has 2 aromatic rings. The summed E-state index contributed by atoms with van der Waals surface area (Å²) in [4.78, 5) is 12.7. The predicted octanol–water partition coefficient (Wildman–Crippen LogP) is 7.61. The number of hydrogen-bond acceptors (Lipinski definition) is 3. The lowest BCUT2D eigenvalue weighted by molar-refractivity contribution is 0.0952. The Bertz CT molecular complexity index is 754. The minimum Gasteiger partial charge on any atom is -0.360 e. The van der Waals surface area contributed by atoms with Crippen LogP contribution in [-0.2, 0) is 0 Å². The Hall–Kier alpha value is -1.52. The molecule has 0 bridgehead atoms. The van der Waals surface area contributed by atoms with E-state index in [-0.39, 0.29) is 5.91 Å². The highest BCUT2D eigenvalue weighted by Gasteiger charge is 2.24. The molecule has 1 aromatic carbocycles. The van der Waals surface area contributed by atoms with E-state index in [1.54, 1.807) is 25.1 Å². The number of benzene rings is 1. The molecule has 0 aliphatic heterocycles. The molecule has 6 heteroatoms. The molecule has 4 nitrogen and oxygen atoms in total. The number of aryl methyl sites for hydroxylation is 1. The number of halogens is 2. The standard InChI is InChI=1S/C23H32Cl2N2O2/c1-3-4-5-6-7-8-9-10-11-12-16-26-23(28)20-17(2)29-27-22(20)21-18(24)14-13-15-19(21)25/h13-15H,3-12,16H2,1-2H3,(H,26,28). The van der Waals surface area contributed by atoms with Gasteiger partial charge >= 0.3 is 0 Å². The van der Waals surface area contributed by atoms with Gasteiger partial charge in [0.1, 0.15) is 17.0 Å². The Balaban J connectivity index is 1.76. The van der Waals surface area contributed by atoms with Crippen molar-refractivity contribution in [1.29, 1.82) is 0 Å². The maximum Gasteiger partial charge on any atom is 0.257 e. The van der Waals surface area contributed by atoms with Gasteiger partial charge in [-0.1, -0.05) is 99.1 Å². The first-order valence-electron chi connectivity index (χ1n) is 10.7. The highest BCUT2D eigenvalue weighted by molar-refractivity contribution is 6.39. The third kappa shape index (κ3) is 7.35. The number of amides is 1. The minimum atomic E-state index is -0.203. The molecular weight excluding hydrogens is 407 g/mol. The van der Waals surface area contributed by atoms with Crippen LogP contribution in [0.5, 0.6) is 0 Å². The summed E-state index contributed by atoms with van der Waals surface area (Å²) in [6, 6.07) is 5.20. The zero-order valence-electron chi connectivity index (χ0n) is 17.5. The van der Waals surface area contributed by atoms with Gasteiger partial charge in [-0.2, -0.15) is 0 Å². The maximum absolute atomic E-state index is 12.7. The fraction of sp³-hybridized carbons (Fsp3) is 0.565. The van der Waals surface area contributed by atoms with Crippen molar-refractivity contribution in [1.82, 2.24) is 10.5 Å². The topological polar surface area (TPSA) is 55.1 Å². The van der Waals surface area contributed by atoms with Crippen LogP contribution in [0.15, 0.2) is 22.7 Å². The van der Waals surface area contributed by atoms with E-state index < -0.39 is 0 Å². The van der Waals surface area contributed by atoms with Crippen molar-refractivity contribution in [3.8, 4) is 11.3 Å². The molecule has 0 radical (unpaired) electrons. The Morgan fingerprint density at radius 3 is 2.10 bits per heavy atom. The minimum absolute atomic E-state index is 0.203. The Labute approximate surface area is 184 Å². The number of unbranched alkanes of at least 4 members (excludes halogenated alkanes) is 9. The van der Waals surface area contributed by atoms with E-state index in [1.807, 2.05) is 0 Å². The van der Waals surface area contributed by atoms with Gasteiger partial charge in [-0.25, -0.2) is 0 Å². The molecule has 0 fully saturated rings. The molecule has 29 heavy (non-hydrogen) atoms. The lowest BCUT2D eigenvalue weighted by Gasteiger charge is -2.08. The van der Waals surface area contributed by atoms with Crippen LogP contribution in [-0.4, -0.2) is 17.6 Å². The molecule has 0 atom stereocenters. The van der Waals surface area contributed by atoms with Gasteiger partial charge in [-0.05, 0) is 25.5 Å². The second-order valence-electron chi connectivity index (χ2n) is 7.50.